The number of halogens is 1. The van der Waals surface area contributed by atoms with Crippen molar-refractivity contribution >= 4 is 34.1 Å². The Labute approximate surface area is 116 Å². The van der Waals surface area contributed by atoms with Crippen LogP contribution < -0.4 is 5.32 Å². The number of nitrogens with zero attached hydrogens (tertiary/aromatic N) is 2. The summed E-state index contributed by atoms with van der Waals surface area (Å²) < 4.78 is 0. The Morgan fingerprint density at radius 1 is 1.42 bits per heavy atom. The Balaban J connectivity index is 1.97. The summed E-state index contributed by atoms with van der Waals surface area (Å²) in [4.78, 5) is 18.0. The number of hydrogen-bond donors (Lipinski definition) is 1. The zero-order chi connectivity index (χ0) is 13.4. The average Bonchev–Trinajstić information content (AvgIpc) is 2.71. The number of carbonyl (C=O) groups is 1. The molecule has 0 bridgehead atoms. The second-order valence-corrected chi connectivity index (χ2v) is 5.20. The fourth-order valence-corrected chi connectivity index (χ4v) is 2.56. The molecule has 1 N–H and O–H groups in total. The van der Waals surface area contributed by atoms with Gasteiger partial charge in [0.05, 0.1) is 5.52 Å². The van der Waals surface area contributed by atoms with Gasteiger partial charge in [0.1, 0.15) is 6.04 Å². The van der Waals surface area contributed by atoms with E-state index in [0.717, 1.165) is 29.6 Å². The fourth-order valence-electron chi connectivity index (χ4n) is 2.39. The third-order valence-electron chi connectivity index (χ3n) is 3.46. The van der Waals surface area contributed by atoms with Crippen molar-refractivity contribution in [2.45, 2.75) is 12.5 Å². The van der Waals surface area contributed by atoms with Crippen LogP contribution >= 0.6 is 11.6 Å². The van der Waals surface area contributed by atoms with Crippen molar-refractivity contribution in [1.29, 1.82) is 0 Å². The minimum atomic E-state index is -0.158. The van der Waals surface area contributed by atoms with Crippen molar-refractivity contribution in [3.8, 4) is 0 Å². The molecule has 1 aliphatic heterocycles. The first-order valence-corrected chi connectivity index (χ1v) is 6.59. The second kappa shape index (κ2) is 4.70. The topological polar surface area (TPSA) is 45.2 Å². The maximum atomic E-state index is 11.9. The Bertz CT molecular complexity index is 644. The molecule has 1 fully saturated rings. The molecule has 98 valence electrons. The lowest BCUT2D eigenvalue weighted by atomic mass is 10.1. The predicted octanol–water partition coefficient (Wildman–Crippen LogP) is 2.53. The van der Waals surface area contributed by atoms with Gasteiger partial charge in [-0.2, -0.15) is 0 Å². The summed E-state index contributed by atoms with van der Waals surface area (Å²) in [5.41, 5.74) is 1.77. The normalized spacial score (nSPS) is 19.2. The molecule has 0 saturated carbocycles. The van der Waals surface area contributed by atoms with Gasteiger partial charge in [0, 0.05) is 35.9 Å². The molecule has 0 aliphatic carbocycles. The van der Waals surface area contributed by atoms with E-state index in [4.69, 9.17) is 11.6 Å². The van der Waals surface area contributed by atoms with Crippen LogP contribution in [0.1, 0.15) is 6.42 Å². The highest BCUT2D eigenvalue weighted by molar-refractivity contribution is 6.31. The second-order valence-electron chi connectivity index (χ2n) is 4.77. The predicted molar refractivity (Wildman–Crippen MR) is 76.4 cm³/mol. The number of rotatable bonds is 2. The molecule has 1 atom stereocenters. The highest BCUT2D eigenvalue weighted by Crippen LogP contribution is 2.26. The molecular formula is C14H14ClN3O. The van der Waals surface area contributed by atoms with E-state index in [1.54, 1.807) is 11.1 Å². The van der Waals surface area contributed by atoms with Crippen molar-refractivity contribution < 1.29 is 4.79 Å². The highest BCUT2D eigenvalue weighted by atomic mass is 35.5. The third-order valence-corrected chi connectivity index (χ3v) is 3.70. The van der Waals surface area contributed by atoms with Gasteiger partial charge in [-0.25, -0.2) is 0 Å². The molecule has 1 aliphatic rings. The molecule has 0 unspecified atom stereocenters. The van der Waals surface area contributed by atoms with Gasteiger partial charge in [0.2, 0.25) is 5.91 Å². The van der Waals surface area contributed by atoms with Crippen LogP contribution in [0.4, 0.5) is 5.69 Å². The van der Waals surface area contributed by atoms with Crippen LogP contribution in [0.2, 0.25) is 5.02 Å². The number of aromatic nitrogens is 1. The van der Waals surface area contributed by atoms with Gasteiger partial charge in [0.25, 0.3) is 0 Å². The fraction of sp³-hybridized carbons (Fsp3) is 0.286. The van der Waals surface area contributed by atoms with Gasteiger partial charge < -0.3 is 10.2 Å². The van der Waals surface area contributed by atoms with Gasteiger partial charge >= 0.3 is 0 Å². The lowest BCUT2D eigenvalue weighted by Crippen LogP contribution is -2.30. The number of pyridine rings is 1. The van der Waals surface area contributed by atoms with E-state index < -0.39 is 0 Å². The lowest BCUT2D eigenvalue weighted by molar-refractivity contribution is -0.127. The summed E-state index contributed by atoms with van der Waals surface area (Å²) in [5, 5.41) is 4.91. The van der Waals surface area contributed by atoms with Gasteiger partial charge in [-0.1, -0.05) is 11.6 Å². The molecule has 2 heterocycles. The molecule has 1 amide bonds. The third kappa shape index (κ3) is 2.24. The van der Waals surface area contributed by atoms with E-state index in [9.17, 15) is 4.79 Å². The maximum Gasteiger partial charge on any atom is 0.244 e. The van der Waals surface area contributed by atoms with E-state index in [1.807, 2.05) is 31.3 Å². The van der Waals surface area contributed by atoms with Crippen molar-refractivity contribution in [3.63, 3.8) is 0 Å². The molecule has 4 nitrogen and oxygen atoms in total. The molecule has 1 aromatic heterocycles. The highest BCUT2D eigenvalue weighted by Gasteiger charge is 2.29. The van der Waals surface area contributed by atoms with Gasteiger partial charge in [0.15, 0.2) is 0 Å². The Morgan fingerprint density at radius 2 is 2.26 bits per heavy atom. The van der Waals surface area contributed by atoms with Crippen LogP contribution in [-0.2, 0) is 4.79 Å². The van der Waals surface area contributed by atoms with E-state index in [-0.39, 0.29) is 11.9 Å². The zero-order valence-electron chi connectivity index (χ0n) is 10.6. The molecule has 1 aromatic carbocycles. The quantitative estimate of drug-likeness (QED) is 0.916. The van der Waals surface area contributed by atoms with Crippen molar-refractivity contribution in [3.05, 3.63) is 35.5 Å². The summed E-state index contributed by atoms with van der Waals surface area (Å²) in [6.45, 7) is 0.792. The zero-order valence-corrected chi connectivity index (χ0v) is 11.3. The van der Waals surface area contributed by atoms with Crippen molar-refractivity contribution in [2.75, 3.05) is 18.9 Å². The first-order chi connectivity index (χ1) is 9.15. The van der Waals surface area contributed by atoms with E-state index >= 15 is 0 Å². The maximum absolute atomic E-state index is 11.9. The Hall–Kier alpha value is -1.81. The summed E-state index contributed by atoms with van der Waals surface area (Å²) in [7, 11) is 1.82. The van der Waals surface area contributed by atoms with Crippen LogP contribution in [0.3, 0.4) is 0 Å². The molecule has 2 aromatic rings. The van der Waals surface area contributed by atoms with Crippen molar-refractivity contribution in [2.24, 2.45) is 0 Å². The van der Waals surface area contributed by atoms with Gasteiger partial charge in [-0.15, -0.1) is 0 Å². The van der Waals surface area contributed by atoms with Crippen LogP contribution in [0.25, 0.3) is 10.9 Å². The number of benzene rings is 1. The summed E-state index contributed by atoms with van der Waals surface area (Å²) >= 11 is 6.03. The van der Waals surface area contributed by atoms with E-state index in [1.165, 1.54) is 0 Å². The number of carbonyl (C=O) groups excluding carboxylic acids is 1. The largest absolute Gasteiger partial charge is 0.373 e. The summed E-state index contributed by atoms with van der Waals surface area (Å²) in [6, 6.07) is 7.29. The number of likely N-dealkylation sites (tertiary alicyclic amines) is 1. The molecule has 3 rings (SSSR count). The Kier molecular flexibility index (Phi) is 3.03. The molecule has 19 heavy (non-hydrogen) atoms. The average molecular weight is 276 g/mol. The first kappa shape index (κ1) is 12.2. The summed E-state index contributed by atoms with van der Waals surface area (Å²) in [6.07, 6.45) is 2.56. The van der Waals surface area contributed by atoms with Crippen LogP contribution in [0.5, 0.6) is 0 Å². The van der Waals surface area contributed by atoms with E-state index in [2.05, 4.69) is 10.3 Å². The monoisotopic (exact) mass is 275 g/mol. The first-order valence-electron chi connectivity index (χ1n) is 6.21. The molecular weight excluding hydrogens is 262 g/mol. The van der Waals surface area contributed by atoms with Crippen LogP contribution in [-0.4, -0.2) is 35.4 Å². The minimum absolute atomic E-state index is 0.131. The number of hydrogen-bond acceptors (Lipinski definition) is 3. The van der Waals surface area contributed by atoms with Crippen LogP contribution in [0, 0.1) is 0 Å². The van der Waals surface area contributed by atoms with Crippen LogP contribution in [0.15, 0.2) is 30.5 Å². The molecule has 1 saturated heterocycles. The van der Waals surface area contributed by atoms with Gasteiger partial charge in [-0.3, -0.25) is 9.78 Å². The molecule has 5 heteroatoms. The smallest absolute Gasteiger partial charge is 0.244 e. The summed E-state index contributed by atoms with van der Waals surface area (Å²) in [5.74, 6) is 0.131. The number of anilines is 1. The van der Waals surface area contributed by atoms with Gasteiger partial charge in [-0.05, 0) is 30.7 Å². The van der Waals surface area contributed by atoms with E-state index in [0.29, 0.717) is 5.02 Å². The Morgan fingerprint density at radius 3 is 3.00 bits per heavy atom. The number of nitrogens with one attached hydrogen (secondary N) is 1. The minimum Gasteiger partial charge on any atom is -0.373 e. The SMILES string of the molecule is CN1CC[C@@H](Nc2ccnc3ccc(Cl)cc23)C1=O. The van der Waals surface area contributed by atoms with Crippen molar-refractivity contribution in [1.82, 2.24) is 9.88 Å². The lowest BCUT2D eigenvalue weighted by Gasteiger charge is -2.15. The molecule has 0 radical (unpaired) electrons. The number of fused-ring (bicyclic) bond motifs is 1. The standard InChI is InChI=1S/C14H14ClN3O/c1-18-7-5-13(14(18)19)17-12-4-6-16-11-3-2-9(15)8-10(11)12/h2-4,6,8,13H,5,7H2,1H3,(H,16,17)/t13-/m1/s1. The number of likely N-dealkylation sites (N-methyl/N-ethyl adjacent to an activating group) is 1. The molecule has 0 spiro atoms. The number of amides is 1.